The van der Waals surface area contributed by atoms with E-state index in [9.17, 15) is 0 Å². The molecule has 18 heavy (non-hydrogen) atoms. The Bertz CT molecular complexity index is 429. The van der Waals surface area contributed by atoms with Crippen molar-refractivity contribution < 1.29 is 14.2 Å². The number of hydrogen-bond acceptors (Lipinski definition) is 4. The fraction of sp³-hybridized carbons (Fsp3) is 0.538. The molecule has 4 nitrogen and oxygen atoms in total. The molecule has 0 amide bonds. The Balaban J connectivity index is 0.00000162. The Morgan fingerprint density at radius 3 is 2.50 bits per heavy atom. The zero-order valence-corrected chi connectivity index (χ0v) is 12.0. The van der Waals surface area contributed by atoms with E-state index in [4.69, 9.17) is 19.9 Å². The number of halogens is 1. The molecule has 1 aromatic carbocycles. The minimum atomic E-state index is -0.0779. The summed E-state index contributed by atoms with van der Waals surface area (Å²) in [7, 11) is 1.61. The van der Waals surface area contributed by atoms with Gasteiger partial charge in [0, 0.05) is 6.04 Å². The van der Waals surface area contributed by atoms with Gasteiger partial charge in [0.15, 0.2) is 11.5 Å². The van der Waals surface area contributed by atoms with Crippen molar-refractivity contribution in [3.05, 3.63) is 17.7 Å². The van der Waals surface area contributed by atoms with Crippen LogP contribution in [-0.2, 0) is 0 Å². The van der Waals surface area contributed by atoms with Crippen molar-refractivity contribution in [3.63, 3.8) is 0 Å². The molecule has 2 N–H and O–H groups in total. The summed E-state index contributed by atoms with van der Waals surface area (Å²) in [6.07, 6.45) is 0. The minimum Gasteiger partial charge on any atom is -0.493 e. The van der Waals surface area contributed by atoms with Gasteiger partial charge in [-0.3, -0.25) is 0 Å². The van der Waals surface area contributed by atoms with Crippen molar-refractivity contribution in [1.82, 2.24) is 0 Å². The number of benzene rings is 1. The second-order valence-corrected chi connectivity index (χ2v) is 5.30. The fourth-order valence-corrected chi connectivity index (χ4v) is 1.83. The van der Waals surface area contributed by atoms with Crippen LogP contribution in [0.15, 0.2) is 12.1 Å². The van der Waals surface area contributed by atoms with E-state index >= 15 is 0 Å². The topological polar surface area (TPSA) is 53.7 Å². The lowest BCUT2D eigenvalue weighted by molar-refractivity contribution is 0.171. The fourth-order valence-electron chi connectivity index (χ4n) is 1.83. The lowest BCUT2D eigenvalue weighted by Gasteiger charge is -2.27. The summed E-state index contributed by atoms with van der Waals surface area (Å²) in [5, 5.41) is 0. The average molecular weight is 274 g/mol. The Labute approximate surface area is 114 Å². The first kappa shape index (κ1) is 14.9. The number of hydrogen-bond donors (Lipinski definition) is 1. The van der Waals surface area contributed by atoms with Gasteiger partial charge in [-0.25, -0.2) is 0 Å². The van der Waals surface area contributed by atoms with Gasteiger partial charge in [-0.15, -0.1) is 12.4 Å². The standard InChI is InChI=1S/C13H19NO3.ClH/c1-13(2,3)12(14)8-5-9(15-4)11-10(6-8)16-7-17-11;/h5-6,12H,7,14H2,1-4H3;1H/t12-;/m1./s1. The van der Waals surface area contributed by atoms with Gasteiger partial charge in [0.2, 0.25) is 12.5 Å². The van der Waals surface area contributed by atoms with E-state index < -0.39 is 0 Å². The molecule has 0 spiro atoms. The van der Waals surface area contributed by atoms with Crippen molar-refractivity contribution in [2.24, 2.45) is 11.1 Å². The molecule has 1 aromatic rings. The maximum atomic E-state index is 6.24. The van der Waals surface area contributed by atoms with E-state index in [0.717, 1.165) is 5.56 Å². The SMILES string of the molecule is COc1cc([C@@H](N)C(C)(C)C)cc2c1OCO2.Cl. The molecule has 1 atom stereocenters. The highest BCUT2D eigenvalue weighted by atomic mass is 35.5. The number of rotatable bonds is 2. The van der Waals surface area contributed by atoms with Crippen LogP contribution in [0.25, 0.3) is 0 Å². The lowest BCUT2D eigenvalue weighted by Crippen LogP contribution is -2.26. The molecular weight excluding hydrogens is 254 g/mol. The first-order chi connectivity index (χ1) is 7.93. The predicted molar refractivity (Wildman–Crippen MR) is 72.7 cm³/mol. The molecule has 5 heteroatoms. The van der Waals surface area contributed by atoms with Gasteiger partial charge in [0.05, 0.1) is 7.11 Å². The van der Waals surface area contributed by atoms with E-state index in [1.165, 1.54) is 0 Å². The summed E-state index contributed by atoms with van der Waals surface area (Å²) in [5.74, 6) is 2.05. The Morgan fingerprint density at radius 1 is 1.28 bits per heavy atom. The lowest BCUT2D eigenvalue weighted by atomic mass is 9.83. The summed E-state index contributed by atoms with van der Waals surface area (Å²) in [6.45, 7) is 6.55. The summed E-state index contributed by atoms with van der Waals surface area (Å²) < 4.78 is 16.0. The maximum absolute atomic E-state index is 6.24. The second-order valence-electron chi connectivity index (χ2n) is 5.30. The molecule has 0 fully saturated rings. The van der Waals surface area contributed by atoms with Crippen LogP contribution in [0.3, 0.4) is 0 Å². The molecule has 102 valence electrons. The largest absolute Gasteiger partial charge is 0.493 e. The molecular formula is C13H20ClNO3. The highest BCUT2D eigenvalue weighted by Crippen LogP contribution is 2.44. The monoisotopic (exact) mass is 273 g/mol. The molecule has 0 aliphatic carbocycles. The summed E-state index contributed by atoms with van der Waals surface area (Å²) >= 11 is 0. The molecule has 0 bridgehead atoms. The smallest absolute Gasteiger partial charge is 0.231 e. The molecule has 0 saturated carbocycles. The molecule has 0 saturated heterocycles. The molecule has 1 aliphatic heterocycles. The van der Waals surface area contributed by atoms with Crippen LogP contribution < -0.4 is 19.9 Å². The van der Waals surface area contributed by atoms with Crippen molar-refractivity contribution in [2.75, 3.05) is 13.9 Å². The molecule has 1 heterocycles. The Morgan fingerprint density at radius 2 is 1.94 bits per heavy atom. The highest BCUT2D eigenvalue weighted by Gasteiger charge is 2.27. The van der Waals surface area contributed by atoms with Gasteiger partial charge < -0.3 is 19.9 Å². The zero-order valence-electron chi connectivity index (χ0n) is 11.1. The van der Waals surface area contributed by atoms with Crippen molar-refractivity contribution in [1.29, 1.82) is 0 Å². The van der Waals surface area contributed by atoms with E-state index in [1.54, 1.807) is 7.11 Å². The summed E-state index contributed by atoms with van der Waals surface area (Å²) in [4.78, 5) is 0. The van der Waals surface area contributed by atoms with Crippen LogP contribution in [0.2, 0.25) is 0 Å². The van der Waals surface area contributed by atoms with Crippen molar-refractivity contribution in [2.45, 2.75) is 26.8 Å². The number of fused-ring (bicyclic) bond motifs is 1. The van der Waals surface area contributed by atoms with Gasteiger partial charge in [-0.1, -0.05) is 20.8 Å². The molecule has 0 radical (unpaired) electrons. The number of ether oxygens (including phenoxy) is 3. The van der Waals surface area contributed by atoms with E-state index in [0.29, 0.717) is 17.2 Å². The molecule has 0 aromatic heterocycles. The first-order valence-electron chi connectivity index (χ1n) is 5.66. The predicted octanol–water partition coefficient (Wildman–Crippen LogP) is 2.89. The summed E-state index contributed by atoms with van der Waals surface area (Å²) in [6, 6.07) is 3.77. The van der Waals surface area contributed by atoms with Gasteiger partial charge in [0.25, 0.3) is 0 Å². The van der Waals surface area contributed by atoms with Crippen LogP contribution in [0.1, 0.15) is 32.4 Å². The van der Waals surface area contributed by atoms with Gasteiger partial charge in [-0.2, -0.15) is 0 Å². The number of methoxy groups -OCH3 is 1. The minimum absolute atomic E-state index is 0. The quantitative estimate of drug-likeness (QED) is 0.900. The van der Waals surface area contributed by atoms with Crippen molar-refractivity contribution >= 4 is 12.4 Å². The van der Waals surface area contributed by atoms with Crippen molar-refractivity contribution in [3.8, 4) is 17.2 Å². The number of nitrogens with two attached hydrogens (primary N) is 1. The normalized spacial score (nSPS) is 14.9. The average Bonchev–Trinajstić information content (AvgIpc) is 2.73. The highest BCUT2D eigenvalue weighted by molar-refractivity contribution is 5.85. The van der Waals surface area contributed by atoms with E-state index in [1.807, 2.05) is 12.1 Å². The zero-order chi connectivity index (χ0) is 12.6. The van der Waals surface area contributed by atoms with Crippen LogP contribution in [0.4, 0.5) is 0 Å². The van der Waals surface area contributed by atoms with Crippen LogP contribution in [0, 0.1) is 5.41 Å². The van der Waals surface area contributed by atoms with Crippen LogP contribution in [-0.4, -0.2) is 13.9 Å². The third-order valence-electron chi connectivity index (χ3n) is 2.97. The van der Waals surface area contributed by atoms with Gasteiger partial charge in [-0.05, 0) is 23.1 Å². The van der Waals surface area contributed by atoms with E-state index in [2.05, 4.69) is 20.8 Å². The van der Waals surface area contributed by atoms with Gasteiger partial charge >= 0.3 is 0 Å². The molecule has 0 unspecified atom stereocenters. The maximum Gasteiger partial charge on any atom is 0.231 e. The van der Waals surface area contributed by atoms with E-state index in [-0.39, 0.29) is 30.7 Å². The first-order valence-corrected chi connectivity index (χ1v) is 5.66. The Hall–Kier alpha value is -1.13. The van der Waals surface area contributed by atoms with Crippen LogP contribution >= 0.6 is 12.4 Å². The van der Waals surface area contributed by atoms with Gasteiger partial charge in [0.1, 0.15) is 0 Å². The third kappa shape index (κ3) is 2.65. The summed E-state index contributed by atoms with van der Waals surface area (Å²) in [5.41, 5.74) is 7.22. The third-order valence-corrected chi connectivity index (χ3v) is 2.97. The molecule has 2 rings (SSSR count). The Kier molecular flexibility index (Phi) is 4.35. The second kappa shape index (κ2) is 5.24. The molecule has 1 aliphatic rings. The van der Waals surface area contributed by atoms with Crippen LogP contribution in [0.5, 0.6) is 17.2 Å².